The van der Waals surface area contributed by atoms with Crippen molar-refractivity contribution in [2.24, 2.45) is 0 Å². The van der Waals surface area contributed by atoms with Crippen LogP contribution in [0.3, 0.4) is 0 Å². The molecule has 136 valence electrons. The molecule has 1 atom stereocenters. The molecule has 25 heavy (non-hydrogen) atoms. The molecule has 2 rings (SSSR count). The highest BCUT2D eigenvalue weighted by Gasteiger charge is 2.29. The Morgan fingerprint density at radius 1 is 1.44 bits per heavy atom. The number of non-ortho nitro benzene ring substituents is 1. The number of anilines is 1. The molecule has 10 heteroatoms. The lowest BCUT2D eigenvalue weighted by molar-refractivity contribution is -0.384. The fraction of sp³-hybridized carbons (Fsp3) is 0.467. The summed E-state index contributed by atoms with van der Waals surface area (Å²) in [6.07, 6.45) is -0.227. The topological polar surface area (TPSA) is 134 Å². The van der Waals surface area contributed by atoms with Crippen LogP contribution in [-0.4, -0.2) is 66.1 Å². The minimum Gasteiger partial charge on any atom is -0.494 e. The standard InChI is InChI=1S/C15H20N4O6/c1-25-13-8-10(19(23)24)2-3-11(13)17-14(20)9-12(15(21)22)18-6-4-16-5-7-18/h2-3,8,12,16H,4-7,9H2,1H3,(H,17,20)(H,21,22). The first kappa shape index (κ1) is 18.6. The number of carboxylic acid groups (broad SMARTS) is 1. The third kappa shape index (κ3) is 4.88. The molecule has 0 aromatic heterocycles. The number of ether oxygens (including phenoxy) is 1. The van der Waals surface area contributed by atoms with Crippen molar-refractivity contribution in [3.05, 3.63) is 28.3 Å². The van der Waals surface area contributed by atoms with Crippen LogP contribution in [0.25, 0.3) is 0 Å². The van der Waals surface area contributed by atoms with Crippen molar-refractivity contribution >= 4 is 23.3 Å². The van der Waals surface area contributed by atoms with Gasteiger partial charge in [-0.25, -0.2) is 0 Å². The number of nitrogens with zero attached hydrogens (tertiary/aromatic N) is 2. The van der Waals surface area contributed by atoms with Crippen molar-refractivity contribution in [2.45, 2.75) is 12.5 Å². The van der Waals surface area contributed by atoms with Crippen LogP contribution < -0.4 is 15.4 Å². The molecular weight excluding hydrogens is 332 g/mol. The van der Waals surface area contributed by atoms with Crippen LogP contribution in [0.15, 0.2) is 18.2 Å². The van der Waals surface area contributed by atoms with E-state index in [1.807, 2.05) is 0 Å². The minimum atomic E-state index is -1.06. The second-order valence-electron chi connectivity index (χ2n) is 5.53. The third-order valence-electron chi connectivity index (χ3n) is 3.93. The van der Waals surface area contributed by atoms with Gasteiger partial charge in [-0.15, -0.1) is 0 Å². The van der Waals surface area contributed by atoms with Crippen LogP contribution in [-0.2, 0) is 9.59 Å². The number of carboxylic acids is 1. The van der Waals surface area contributed by atoms with Crippen LogP contribution in [0.2, 0.25) is 0 Å². The summed E-state index contributed by atoms with van der Waals surface area (Å²) < 4.78 is 5.05. The van der Waals surface area contributed by atoms with Crippen molar-refractivity contribution in [3.63, 3.8) is 0 Å². The average molecular weight is 352 g/mol. The number of carbonyl (C=O) groups is 2. The molecule has 1 aromatic rings. The number of amides is 1. The fourth-order valence-corrected chi connectivity index (χ4v) is 2.64. The van der Waals surface area contributed by atoms with Gasteiger partial charge in [-0.2, -0.15) is 0 Å². The van der Waals surface area contributed by atoms with Gasteiger partial charge < -0.3 is 20.5 Å². The number of benzene rings is 1. The summed E-state index contributed by atoms with van der Waals surface area (Å²) >= 11 is 0. The number of nitrogens with one attached hydrogen (secondary N) is 2. The van der Waals surface area contributed by atoms with E-state index in [-0.39, 0.29) is 23.5 Å². The summed E-state index contributed by atoms with van der Waals surface area (Å²) in [7, 11) is 1.33. The van der Waals surface area contributed by atoms with Gasteiger partial charge in [0.2, 0.25) is 5.91 Å². The average Bonchev–Trinajstić information content (AvgIpc) is 2.60. The van der Waals surface area contributed by atoms with E-state index in [1.54, 1.807) is 4.90 Å². The van der Waals surface area contributed by atoms with Crippen molar-refractivity contribution in [2.75, 3.05) is 38.6 Å². The maximum absolute atomic E-state index is 12.3. The number of carbonyl (C=O) groups excluding carboxylic acids is 1. The molecule has 0 radical (unpaired) electrons. The molecule has 1 fully saturated rings. The quantitative estimate of drug-likeness (QED) is 0.471. The molecule has 1 aliphatic heterocycles. The van der Waals surface area contributed by atoms with Gasteiger partial charge in [0, 0.05) is 32.2 Å². The van der Waals surface area contributed by atoms with Crippen molar-refractivity contribution in [1.29, 1.82) is 0 Å². The second kappa shape index (κ2) is 8.40. The molecule has 3 N–H and O–H groups in total. The van der Waals surface area contributed by atoms with Gasteiger partial charge in [-0.05, 0) is 6.07 Å². The highest BCUT2D eigenvalue weighted by Crippen LogP contribution is 2.29. The largest absolute Gasteiger partial charge is 0.494 e. The Morgan fingerprint density at radius 3 is 2.68 bits per heavy atom. The summed E-state index contributed by atoms with van der Waals surface area (Å²) in [4.78, 5) is 35.7. The Labute approximate surface area is 143 Å². The molecule has 0 bridgehead atoms. The number of rotatable bonds is 7. The van der Waals surface area contributed by atoms with E-state index in [2.05, 4.69) is 10.6 Å². The van der Waals surface area contributed by atoms with Gasteiger partial charge in [0.05, 0.1) is 30.2 Å². The molecular formula is C15H20N4O6. The monoisotopic (exact) mass is 352 g/mol. The normalized spacial score (nSPS) is 16.0. The van der Waals surface area contributed by atoms with Gasteiger partial charge in [0.1, 0.15) is 11.8 Å². The number of nitro benzene ring substituents is 1. The predicted octanol–water partition coefficient (Wildman–Crippen LogP) is 0.290. The number of piperazine rings is 1. The van der Waals surface area contributed by atoms with Crippen LogP contribution in [0.1, 0.15) is 6.42 Å². The zero-order chi connectivity index (χ0) is 18.4. The number of hydrogen-bond acceptors (Lipinski definition) is 7. The zero-order valence-electron chi connectivity index (χ0n) is 13.7. The minimum absolute atomic E-state index is 0.136. The Morgan fingerprint density at radius 2 is 2.12 bits per heavy atom. The molecule has 1 heterocycles. The molecule has 0 spiro atoms. The van der Waals surface area contributed by atoms with Gasteiger partial charge in [-0.3, -0.25) is 24.6 Å². The Balaban J connectivity index is 2.07. The van der Waals surface area contributed by atoms with Gasteiger partial charge in [-0.1, -0.05) is 0 Å². The summed E-state index contributed by atoms with van der Waals surface area (Å²) in [5, 5.41) is 25.9. The van der Waals surface area contributed by atoms with Gasteiger partial charge in [0.25, 0.3) is 5.69 Å². The molecule has 0 aliphatic carbocycles. The number of nitro groups is 1. The van der Waals surface area contributed by atoms with E-state index in [0.717, 1.165) is 0 Å². The van der Waals surface area contributed by atoms with E-state index >= 15 is 0 Å². The maximum Gasteiger partial charge on any atom is 0.321 e. The molecule has 1 aliphatic rings. The zero-order valence-corrected chi connectivity index (χ0v) is 13.7. The van der Waals surface area contributed by atoms with Crippen molar-refractivity contribution in [3.8, 4) is 5.75 Å². The highest BCUT2D eigenvalue weighted by atomic mass is 16.6. The second-order valence-corrected chi connectivity index (χ2v) is 5.53. The first-order valence-electron chi connectivity index (χ1n) is 7.72. The van der Waals surface area contributed by atoms with Crippen molar-refractivity contribution < 1.29 is 24.4 Å². The van der Waals surface area contributed by atoms with E-state index in [9.17, 15) is 24.8 Å². The molecule has 1 unspecified atom stereocenters. The van der Waals surface area contributed by atoms with Crippen LogP contribution in [0, 0.1) is 10.1 Å². The first-order valence-corrected chi connectivity index (χ1v) is 7.72. The van der Waals surface area contributed by atoms with Crippen LogP contribution in [0.5, 0.6) is 5.75 Å². The summed E-state index contributed by atoms with van der Waals surface area (Å²) in [6, 6.07) is 2.87. The molecule has 0 saturated carbocycles. The third-order valence-corrected chi connectivity index (χ3v) is 3.93. The summed E-state index contributed by atoms with van der Waals surface area (Å²) in [5.74, 6) is -1.43. The van der Waals surface area contributed by atoms with E-state index in [0.29, 0.717) is 26.2 Å². The maximum atomic E-state index is 12.3. The molecule has 10 nitrogen and oxygen atoms in total. The summed E-state index contributed by atoms with van der Waals surface area (Å²) in [5.41, 5.74) is 0.0848. The molecule has 1 amide bonds. The SMILES string of the molecule is COc1cc([N+](=O)[O-])ccc1NC(=O)CC(C(=O)O)N1CCNCC1. The smallest absolute Gasteiger partial charge is 0.321 e. The van der Waals surface area contributed by atoms with Crippen molar-refractivity contribution in [1.82, 2.24) is 10.2 Å². The van der Waals surface area contributed by atoms with Crippen LogP contribution in [0.4, 0.5) is 11.4 Å². The molecule has 1 aromatic carbocycles. The molecule has 1 saturated heterocycles. The van der Waals surface area contributed by atoms with E-state index in [1.165, 1.54) is 25.3 Å². The lowest BCUT2D eigenvalue weighted by Crippen LogP contribution is -2.52. The van der Waals surface area contributed by atoms with Gasteiger partial charge in [0.15, 0.2) is 0 Å². The van der Waals surface area contributed by atoms with E-state index in [4.69, 9.17) is 4.74 Å². The lowest BCUT2D eigenvalue weighted by atomic mass is 10.1. The Kier molecular flexibility index (Phi) is 6.25. The Bertz CT molecular complexity index is 659. The summed E-state index contributed by atoms with van der Waals surface area (Å²) in [6.45, 7) is 2.43. The fourth-order valence-electron chi connectivity index (χ4n) is 2.64. The first-order chi connectivity index (χ1) is 11.9. The van der Waals surface area contributed by atoms with Gasteiger partial charge >= 0.3 is 5.97 Å². The predicted molar refractivity (Wildman–Crippen MR) is 88.8 cm³/mol. The lowest BCUT2D eigenvalue weighted by Gasteiger charge is -2.32. The van der Waals surface area contributed by atoms with Crippen LogP contribution >= 0.6 is 0 Å². The highest BCUT2D eigenvalue weighted by molar-refractivity contribution is 5.95. The number of aliphatic carboxylic acids is 1. The number of methoxy groups -OCH3 is 1. The number of hydrogen-bond donors (Lipinski definition) is 3. The van der Waals surface area contributed by atoms with E-state index < -0.39 is 22.8 Å². The Hall–Kier alpha value is -2.72.